The van der Waals surface area contributed by atoms with Gasteiger partial charge in [-0.2, -0.15) is 0 Å². The van der Waals surface area contributed by atoms with Gasteiger partial charge in [0.05, 0.1) is 12.5 Å². The van der Waals surface area contributed by atoms with Crippen molar-refractivity contribution < 1.29 is 13.2 Å². The van der Waals surface area contributed by atoms with E-state index in [9.17, 15) is 8.76 Å². The maximum absolute atomic E-state index is 10.6. The third-order valence-electron chi connectivity index (χ3n) is 1.68. The van der Waals surface area contributed by atoms with Gasteiger partial charge in [0.15, 0.2) is 0 Å². The van der Waals surface area contributed by atoms with E-state index >= 15 is 0 Å². The van der Waals surface area contributed by atoms with E-state index in [1.54, 1.807) is 18.2 Å². The van der Waals surface area contributed by atoms with Crippen molar-refractivity contribution in [2.75, 3.05) is 0 Å². The molecule has 0 radical (unpaired) electrons. The normalized spacial score (nSPS) is 13.4. The molecule has 0 aromatic rings. The summed E-state index contributed by atoms with van der Waals surface area (Å²) in [6, 6.07) is 4.91. The minimum absolute atomic E-state index is 0.320. The first-order valence-electron chi connectivity index (χ1n) is 3.33. The smallest absolute Gasteiger partial charge is 0.0980 e. The SMILES string of the molecule is O=S([O-])c1ccc2coccc1-2. The zero-order valence-electron chi connectivity index (χ0n) is 6.02. The zero-order chi connectivity index (χ0) is 8.55. The molecule has 3 nitrogen and oxygen atoms in total. The summed E-state index contributed by atoms with van der Waals surface area (Å²) in [5.74, 6) is 0. The highest BCUT2D eigenvalue weighted by atomic mass is 32.2. The van der Waals surface area contributed by atoms with Gasteiger partial charge in [-0.25, -0.2) is 0 Å². The van der Waals surface area contributed by atoms with Crippen LogP contribution in [0.1, 0.15) is 0 Å². The van der Waals surface area contributed by atoms with Gasteiger partial charge < -0.3 is 8.97 Å². The predicted molar refractivity (Wildman–Crippen MR) is 42.5 cm³/mol. The van der Waals surface area contributed by atoms with Gasteiger partial charge in [0.1, 0.15) is 0 Å². The maximum Gasteiger partial charge on any atom is 0.0980 e. The van der Waals surface area contributed by atoms with E-state index in [4.69, 9.17) is 4.42 Å². The van der Waals surface area contributed by atoms with E-state index in [0.717, 1.165) is 5.56 Å². The fourth-order valence-corrected chi connectivity index (χ4v) is 1.68. The number of fused-ring (bicyclic) bond motifs is 1. The fraction of sp³-hybridized carbons (Fsp3) is 0. The van der Waals surface area contributed by atoms with Crippen LogP contribution in [0.25, 0.3) is 11.1 Å². The van der Waals surface area contributed by atoms with Gasteiger partial charge in [0.2, 0.25) is 0 Å². The maximum atomic E-state index is 10.6. The van der Waals surface area contributed by atoms with Crippen LogP contribution in [-0.4, -0.2) is 8.76 Å². The van der Waals surface area contributed by atoms with E-state index in [1.165, 1.54) is 12.5 Å². The molecule has 0 fully saturated rings. The molecule has 0 bridgehead atoms. The Balaban J connectivity index is 2.67. The standard InChI is InChI=1S/C8H6O3S/c9-12(10)8-2-1-6-5-11-4-3-7(6)8/h1-5H,(H,9,10)/p-1. The van der Waals surface area contributed by atoms with Gasteiger partial charge >= 0.3 is 0 Å². The third kappa shape index (κ3) is 1.05. The summed E-state index contributed by atoms with van der Waals surface area (Å²) < 4.78 is 26.2. The van der Waals surface area contributed by atoms with Gasteiger partial charge in [-0.15, -0.1) is 0 Å². The highest BCUT2D eigenvalue weighted by molar-refractivity contribution is 7.79. The van der Waals surface area contributed by atoms with Gasteiger partial charge in [-0.3, -0.25) is 4.21 Å². The molecule has 1 aliphatic heterocycles. The van der Waals surface area contributed by atoms with Crippen molar-refractivity contribution in [1.82, 2.24) is 0 Å². The molecule has 0 amide bonds. The van der Waals surface area contributed by atoms with Crippen molar-refractivity contribution >= 4 is 11.1 Å². The van der Waals surface area contributed by atoms with Gasteiger partial charge in [0.25, 0.3) is 0 Å². The molecule has 0 saturated carbocycles. The fourth-order valence-electron chi connectivity index (χ4n) is 1.13. The summed E-state index contributed by atoms with van der Waals surface area (Å²) >= 11 is -2.16. The summed E-state index contributed by atoms with van der Waals surface area (Å²) in [5.41, 5.74) is 1.51. The van der Waals surface area contributed by atoms with Crippen LogP contribution in [0.15, 0.2) is 40.0 Å². The molecule has 1 atom stereocenters. The predicted octanol–water partition coefficient (Wildman–Crippen LogP) is 1.62. The van der Waals surface area contributed by atoms with Gasteiger partial charge in [-0.1, -0.05) is 6.07 Å². The van der Waals surface area contributed by atoms with E-state index < -0.39 is 11.1 Å². The number of hydrogen-bond donors (Lipinski definition) is 0. The molecule has 1 heterocycles. The average Bonchev–Trinajstić information content (AvgIpc) is 2.47. The van der Waals surface area contributed by atoms with Crippen LogP contribution in [0.2, 0.25) is 0 Å². The Morgan fingerprint density at radius 2 is 2.17 bits per heavy atom. The average molecular weight is 181 g/mol. The second-order valence-electron chi connectivity index (χ2n) is 2.36. The van der Waals surface area contributed by atoms with Gasteiger partial charge in [0, 0.05) is 16.0 Å². The number of rotatable bonds is 1. The second kappa shape index (κ2) is 2.73. The molecule has 0 aromatic carbocycles. The Labute approximate surface area is 71.6 Å². The van der Waals surface area contributed by atoms with Crippen molar-refractivity contribution in [3.63, 3.8) is 0 Å². The summed E-state index contributed by atoms with van der Waals surface area (Å²) in [6.07, 6.45) is 2.98. The molecular formula is C8H5O3S-. The molecule has 4 heteroatoms. The van der Waals surface area contributed by atoms with Crippen LogP contribution in [-0.2, 0) is 11.1 Å². The summed E-state index contributed by atoms with van der Waals surface area (Å²) in [4.78, 5) is 0.320. The molecule has 2 rings (SSSR count). The van der Waals surface area contributed by atoms with Crippen LogP contribution in [0.3, 0.4) is 0 Å². The zero-order valence-corrected chi connectivity index (χ0v) is 6.84. The molecule has 1 unspecified atom stereocenters. The molecule has 0 spiro atoms. The van der Waals surface area contributed by atoms with Crippen molar-refractivity contribution in [3.8, 4) is 11.1 Å². The third-order valence-corrected chi connectivity index (χ3v) is 2.39. The Hall–Kier alpha value is -1.13. The molecule has 12 heavy (non-hydrogen) atoms. The van der Waals surface area contributed by atoms with Crippen molar-refractivity contribution in [3.05, 3.63) is 30.7 Å². The molecule has 2 aliphatic rings. The number of hydrogen-bond acceptors (Lipinski definition) is 3. The van der Waals surface area contributed by atoms with E-state index in [-0.39, 0.29) is 0 Å². The molecule has 0 N–H and O–H groups in total. The van der Waals surface area contributed by atoms with Crippen LogP contribution >= 0.6 is 0 Å². The van der Waals surface area contributed by atoms with Crippen molar-refractivity contribution in [1.29, 1.82) is 0 Å². The molecule has 0 aromatic heterocycles. The molecule has 1 aliphatic carbocycles. The van der Waals surface area contributed by atoms with Crippen LogP contribution < -0.4 is 0 Å². The first-order chi connectivity index (χ1) is 5.79. The van der Waals surface area contributed by atoms with E-state index in [2.05, 4.69) is 0 Å². The van der Waals surface area contributed by atoms with Gasteiger partial charge in [-0.05, 0) is 23.2 Å². The lowest BCUT2D eigenvalue weighted by molar-refractivity contribution is 0.537. The summed E-state index contributed by atoms with van der Waals surface area (Å²) in [7, 11) is 0. The minimum atomic E-state index is -2.16. The van der Waals surface area contributed by atoms with Crippen LogP contribution in [0.4, 0.5) is 0 Å². The second-order valence-corrected chi connectivity index (χ2v) is 3.27. The first kappa shape index (κ1) is 7.52. The quantitative estimate of drug-likeness (QED) is 0.628. The highest BCUT2D eigenvalue weighted by Crippen LogP contribution is 2.29. The topological polar surface area (TPSA) is 53.3 Å². The van der Waals surface area contributed by atoms with Crippen molar-refractivity contribution in [2.45, 2.75) is 4.90 Å². The molecule has 62 valence electrons. The van der Waals surface area contributed by atoms with E-state index in [0.29, 0.717) is 10.5 Å². The monoisotopic (exact) mass is 181 g/mol. The van der Waals surface area contributed by atoms with Crippen LogP contribution in [0, 0.1) is 0 Å². The lowest BCUT2D eigenvalue weighted by Crippen LogP contribution is -1.87. The van der Waals surface area contributed by atoms with Crippen molar-refractivity contribution in [2.24, 2.45) is 0 Å². The Bertz CT molecular complexity index is 393. The summed E-state index contributed by atoms with van der Waals surface area (Å²) in [5, 5.41) is 0. The Morgan fingerprint density at radius 1 is 1.33 bits per heavy atom. The molecular weight excluding hydrogens is 176 g/mol. The lowest BCUT2D eigenvalue weighted by atomic mass is 10.2. The Kier molecular flexibility index (Phi) is 1.71. The first-order valence-corrected chi connectivity index (χ1v) is 4.41. The lowest BCUT2D eigenvalue weighted by Gasteiger charge is -2.04. The highest BCUT2D eigenvalue weighted by Gasteiger charge is 2.08. The van der Waals surface area contributed by atoms with E-state index in [1.807, 2.05) is 0 Å². The Morgan fingerprint density at radius 3 is 2.92 bits per heavy atom. The molecule has 0 saturated heterocycles. The summed E-state index contributed by atoms with van der Waals surface area (Å²) in [6.45, 7) is 0. The van der Waals surface area contributed by atoms with Crippen LogP contribution in [0.5, 0.6) is 0 Å². The minimum Gasteiger partial charge on any atom is -0.768 e. The largest absolute Gasteiger partial charge is 0.768 e.